The van der Waals surface area contributed by atoms with E-state index in [1.54, 1.807) is 11.3 Å². The molecule has 0 atom stereocenters. The number of nitrogens with one attached hydrogen (secondary N) is 1. The van der Waals surface area contributed by atoms with E-state index in [0.29, 0.717) is 18.4 Å². The van der Waals surface area contributed by atoms with Crippen LogP contribution in [-0.4, -0.2) is 40.7 Å². The molecule has 0 spiro atoms. The van der Waals surface area contributed by atoms with Crippen LogP contribution >= 0.6 is 11.3 Å². The predicted octanol–water partition coefficient (Wildman–Crippen LogP) is 2.18. The fourth-order valence-corrected chi connectivity index (χ4v) is 3.10. The molecule has 6 heteroatoms. The average molecular weight is 297 g/mol. The van der Waals surface area contributed by atoms with Crippen molar-refractivity contribution in [1.82, 2.24) is 15.2 Å². The first-order valence-corrected chi connectivity index (χ1v) is 8.06. The van der Waals surface area contributed by atoms with Gasteiger partial charge in [0.05, 0.1) is 17.2 Å². The third kappa shape index (κ3) is 3.93. The van der Waals surface area contributed by atoms with Gasteiger partial charge in [-0.15, -0.1) is 11.3 Å². The number of thiazole rings is 1. The maximum atomic E-state index is 12.0. The molecule has 1 aliphatic heterocycles. The standard InChI is InChI=1S/C14H23N3O2S/c1-10(2)13-16-12(9-20-13)7-15-14(19)17-5-3-11(8-18)4-6-17/h9-11,18H,3-8H2,1-2H3,(H,15,19). The van der Waals surface area contributed by atoms with Crippen LogP contribution < -0.4 is 5.32 Å². The van der Waals surface area contributed by atoms with Gasteiger partial charge in [0.25, 0.3) is 0 Å². The third-order valence-corrected chi connectivity index (χ3v) is 4.84. The topological polar surface area (TPSA) is 65.5 Å². The lowest BCUT2D eigenvalue weighted by atomic mass is 9.98. The Hall–Kier alpha value is -1.14. The van der Waals surface area contributed by atoms with Gasteiger partial charge in [-0.1, -0.05) is 13.8 Å². The molecular formula is C14H23N3O2S. The first-order chi connectivity index (χ1) is 9.60. The number of urea groups is 1. The van der Waals surface area contributed by atoms with Gasteiger partial charge in [0.1, 0.15) is 0 Å². The Morgan fingerprint density at radius 3 is 2.80 bits per heavy atom. The monoisotopic (exact) mass is 297 g/mol. The zero-order valence-electron chi connectivity index (χ0n) is 12.1. The molecule has 1 fully saturated rings. The van der Waals surface area contributed by atoms with Gasteiger partial charge in [-0.25, -0.2) is 9.78 Å². The molecular weight excluding hydrogens is 274 g/mol. The lowest BCUT2D eigenvalue weighted by Gasteiger charge is -2.31. The van der Waals surface area contributed by atoms with Crippen LogP contribution in [0, 0.1) is 5.92 Å². The number of rotatable bonds is 4. The first-order valence-electron chi connectivity index (χ1n) is 7.18. The zero-order valence-corrected chi connectivity index (χ0v) is 12.9. The van der Waals surface area contributed by atoms with Gasteiger partial charge in [-0.05, 0) is 18.8 Å². The summed E-state index contributed by atoms with van der Waals surface area (Å²) in [6, 6.07) is -0.0273. The van der Waals surface area contributed by atoms with E-state index in [2.05, 4.69) is 24.1 Å². The Labute approximate surface area is 124 Å². The second-order valence-corrected chi connectivity index (χ2v) is 6.49. The molecule has 2 rings (SSSR count). The van der Waals surface area contributed by atoms with Crippen molar-refractivity contribution in [2.45, 2.75) is 39.2 Å². The lowest BCUT2D eigenvalue weighted by molar-refractivity contribution is 0.137. The summed E-state index contributed by atoms with van der Waals surface area (Å²) in [5, 5.41) is 15.1. The third-order valence-electron chi connectivity index (χ3n) is 3.64. The van der Waals surface area contributed by atoms with Crippen molar-refractivity contribution in [3.8, 4) is 0 Å². The number of aliphatic hydroxyl groups is 1. The largest absolute Gasteiger partial charge is 0.396 e. The van der Waals surface area contributed by atoms with Crippen molar-refractivity contribution in [2.24, 2.45) is 5.92 Å². The van der Waals surface area contributed by atoms with Gasteiger partial charge in [-0.3, -0.25) is 0 Å². The van der Waals surface area contributed by atoms with Crippen molar-refractivity contribution in [1.29, 1.82) is 0 Å². The molecule has 1 saturated heterocycles. The number of hydrogen-bond donors (Lipinski definition) is 2. The van der Waals surface area contributed by atoms with Gasteiger partial charge >= 0.3 is 6.03 Å². The second-order valence-electron chi connectivity index (χ2n) is 5.60. The van der Waals surface area contributed by atoms with Crippen molar-refractivity contribution >= 4 is 17.4 Å². The fourth-order valence-electron chi connectivity index (χ4n) is 2.27. The number of amides is 2. The van der Waals surface area contributed by atoms with Crippen molar-refractivity contribution in [2.75, 3.05) is 19.7 Å². The number of aromatic nitrogens is 1. The van der Waals surface area contributed by atoms with Gasteiger partial charge in [0, 0.05) is 31.0 Å². The van der Waals surface area contributed by atoms with Crippen molar-refractivity contribution in [3.05, 3.63) is 16.1 Å². The van der Waals surface area contributed by atoms with E-state index >= 15 is 0 Å². The molecule has 5 nitrogen and oxygen atoms in total. The number of hydrogen-bond acceptors (Lipinski definition) is 4. The van der Waals surface area contributed by atoms with Crippen LogP contribution in [0.25, 0.3) is 0 Å². The Balaban J connectivity index is 1.77. The van der Waals surface area contributed by atoms with E-state index in [9.17, 15) is 4.79 Å². The van der Waals surface area contributed by atoms with E-state index in [1.165, 1.54) is 0 Å². The number of likely N-dealkylation sites (tertiary alicyclic amines) is 1. The normalized spacial score (nSPS) is 16.7. The van der Waals surface area contributed by atoms with E-state index in [0.717, 1.165) is 36.6 Å². The molecule has 2 heterocycles. The Kier molecular flexibility index (Phi) is 5.37. The quantitative estimate of drug-likeness (QED) is 0.895. The van der Waals surface area contributed by atoms with Crippen LogP contribution in [0.15, 0.2) is 5.38 Å². The molecule has 1 aromatic heterocycles. The SMILES string of the molecule is CC(C)c1nc(CNC(=O)N2CCC(CO)CC2)cs1. The maximum absolute atomic E-state index is 12.0. The molecule has 0 aromatic carbocycles. The number of carbonyl (C=O) groups excluding carboxylic acids is 1. The Morgan fingerprint density at radius 2 is 2.25 bits per heavy atom. The highest BCUT2D eigenvalue weighted by molar-refractivity contribution is 7.09. The predicted molar refractivity (Wildman–Crippen MR) is 79.8 cm³/mol. The lowest BCUT2D eigenvalue weighted by Crippen LogP contribution is -2.44. The summed E-state index contributed by atoms with van der Waals surface area (Å²) in [7, 11) is 0. The summed E-state index contributed by atoms with van der Waals surface area (Å²) < 4.78 is 0. The number of aliphatic hydroxyl groups excluding tert-OH is 1. The van der Waals surface area contributed by atoms with E-state index in [-0.39, 0.29) is 12.6 Å². The van der Waals surface area contributed by atoms with Crippen LogP contribution in [0.5, 0.6) is 0 Å². The van der Waals surface area contributed by atoms with Crippen molar-refractivity contribution in [3.63, 3.8) is 0 Å². The highest BCUT2D eigenvalue weighted by Crippen LogP contribution is 2.19. The number of nitrogens with zero attached hydrogens (tertiary/aromatic N) is 2. The second kappa shape index (κ2) is 7.04. The van der Waals surface area contributed by atoms with Crippen LogP contribution in [0.4, 0.5) is 4.79 Å². The summed E-state index contributed by atoms with van der Waals surface area (Å²) >= 11 is 1.64. The Morgan fingerprint density at radius 1 is 1.55 bits per heavy atom. The fraction of sp³-hybridized carbons (Fsp3) is 0.714. The summed E-state index contributed by atoms with van der Waals surface area (Å²) in [4.78, 5) is 18.4. The summed E-state index contributed by atoms with van der Waals surface area (Å²) in [5.41, 5.74) is 0.928. The molecule has 0 saturated carbocycles. The average Bonchev–Trinajstić information content (AvgIpc) is 2.94. The molecule has 2 N–H and O–H groups in total. The van der Waals surface area contributed by atoms with Crippen LogP contribution in [0.2, 0.25) is 0 Å². The van der Waals surface area contributed by atoms with E-state index < -0.39 is 0 Å². The minimum Gasteiger partial charge on any atom is -0.396 e. The summed E-state index contributed by atoms with van der Waals surface area (Å²) in [5.74, 6) is 0.785. The van der Waals surface area contributed by atoms with E-state index in [4.69, 9.17) is 5.11 Å². The van der Waals surface area contributed by atoms with Gasteiger partial charge in [-0.2, -0.15) is 0 Å². The van der Waals surface area contributed by atoms with Gasteiger partial charge in [0.15, 0.2) is 0 Å². The highest BCUT2D eigenvalue weighted by Gasteiger charge is 2.22. The maximum Gasteiger partial charge on any atom is 0.317 e. The molecule has 0 unspecified atom stereocenters. The van der Waals surface area contributed by atoms with Gasteiger partial charge < -0.3 is 15.3 Å². The molecule has 2 amide bonds. The van der Waals surface area contributed by atoms with Crippen LogP contribution in [0.3, 0.4) is 0 Å². The minimum atomic E-state index is -0.0273. The first kappa shape index (κ1) is 15.3. The minimum absolute atomic E-state index is 0.0273. The Bertz CT molecular complexity index is 439. The smallest absolute Gasteiger partial charge is 0.317 e. The van der Waals surface area contributed by atoms with Crippen molar-refractivity contribution < 1.29 is 9.90 Å². The summed E-state index contributed by atoms with van der Waals surface area (Å²) in [6.45, 7) is 6.41. The zero-order chi connectivity index (χ0) is 14.5. The molecule has 20 heavy (non-hydrogen) atoms. The van der Waals surface area contributed by atoms with Crippen LogP contribution in [0.1, 0.15) is 43.3 Å². The highest BCUT2D eigenvalue weighted by atomic mass is 32.1. The van der Waals surface area contributed by atoms with E-state index in [1.807, 2.05) is 10.3 Å². The number of piperidine rings is 1. The molecule has 112 valence electrons. The molecule has 0 radical (unpaired) electrons. The number of carbonyl (C=O) groups is 1. The van der Waals surface area contributed by atoms with Gasteiger partial charge in [0.2, 0.25) is 0 Å². The molecule has 0 aliphatic carbocycles. The van der Waals surface area contributed by atoms with Crippen LogP contribution in [-0.2, 0) is 6.54 Å². The molecule has 1 aliphatic rings. The summed E-state index contributed by atoms with van der Waals surface area (Å²) in [6.07, 6.45) is 1.77. The molecule has 0 bridgehead atoms. The molecule has 1 aromatic rings.